The lowest BCUT2D eigenvalue weighted by atomic mass is 10.2. The molecule has 0 saturated carbocycles. The van der Waals surface area contributed by atoms with E-state index < -0.39 is 34.8 Å². The molecule has 0 bridgehead atoms. The van der Waals surface area contributed by atoms with E-state index in [0.29, 0.717) is 6.07 Å². The second-order valence-electron chi connectivity index (χ2n) is 3.33. The van der Waals surface area contributed by atoms with E-state index >= 15 is 0 Å². The van der Waals surface area contributed by atoms with E-state index in [2.05, 4.69) is 9.27 Å². The van der Waals surface area contributed by atoms with Crippen molar-refractivity contribution in [3.05, 3.63) is 29.7 Å². The van der Waals surface area contributed by atoms with Crippen molar-refractivity contribution in [1.29, 1.82) is 0 Å². The fourth-order valence-corrected chi connectivity index (χ4v) is 1.51. The van der Waals surface area contributed by atoms with Gasteiger partial charge in [0.05, 0.1) is 6.20 Å². The number of carbonyl (C=O) groups is 1. The van der Waals surface area contributed by atoms with Gasteiger partial charge in [0.15, 0.2) is 5.69 Å². The third-order valence-electron chi connectivity index (χ3n) is 2.12. The van der Waals surface area contributed by atoms with Crippen molar-refractivity contribution in [3.63, 3.8) is 0 Å². The number of hydrogen-bond donors (Lipinski definition) is 1. The quantitative estimate of drug-likeness (QED) is 0.871. The fraction of sp³-hybridized carbons (Fsp3) is 0.111. The van der Waals surface area contributed by atoms with Crippen LogP contribution in [0.2, 0.25) is 0 Å². The number of hydrogen-bond acceptors (Lipinski definition) is 4. The molecule has 2 aromatic rings. The minimum atomic E-state index is -4.71. The van der Waals surface area contributed by atoms with Gasteiger partial charge in [-0.2, -0.15) is 13.2 Å². The Balaban J connectivity index is 2.72. The first kappa shape index (κ1) is 12.5. The molecule has 0 aliphatic rings. The Morgan fingerprint density at radius 2 is 2.11 bits per heavy atom. The average molecular weight is 281 g/mol. The molecule has 9 heteroatoms. The first-order valence-electron chi connectivity index (χ1n) is 4.45. The molecule has 0 atom stereocenters. The molecule has 96 valence electrons. The second kappa shape index (κ2) is 4.05. The van der Waals surface area contributed by atoms with Crippen LogP contribution < -0.4 is 0 Å². The molecule has 0 fully saturated rings. The molecule has 2 heterocycles. The van der Waals surface area contributed by atoms with Gasteiger partial charge in [-0.15, -0.1) is 0 Å². The zero-order valence-electron chi connectivity index (χ0n) is 8.40. The molecular weight excluding hydrogens is 277 g/mol. The molecule has 0 aliphatic carbocycles. The molecule has 18 heavy (non-hydrogen) atoms. The number of rotatable bonds is 1. The lowest BCUT2D eigenvalue weighted by molar-refractivity contribution is -0.136. The van der Waals surface area contributed by atoms with Gasteiger partial charge in [-0.05, 0) is 6.07 Å². The highest BCUT2D eigenvalue weighted by atomic mass is 35.5. The molecule has 0 saturated heterocycles. The summed E-state index contributed by atoms with van der Waals surface area (Å²) in [6.07, 6.45) is -2.77. The monoisotopic (exact) mass is 280 g/mol. The van der Waals surface area contributed by atoms with Crippen LogP contribution in [0, 0.1) is 0 Å². The van der Waals surface area contributed by atoms with Crippen LogP contribution in [0.1, 0.15) is 16.1 Å². The molecular formula is C9H4ClF3N2O3. The highest BCUT2D eigenvalue weighted by molar-refractivity contribution is 6.15. The Morgan fingerprint density at radius 3 is 2.67 bits per heavy atom. The molecule has 0 unspecified atom stereocenters. The van der Waals surface area contributed by atoms with E-state index in [0.717, 1.165) is 16.8 Å². The minimum Gasteiger partial charge on any atom is -0.506 e. The largest absolute Gasteiger partial charge is 0.506 e. The third-order valence-corrected chi connectivity index (χ3v) is 2.26. The third kappa shape index (κ3) is 2.06. The van der Waals surface area contributed by atoms with Crippen molar-refractivity contribution >= 4 is 23.5 Å². The van der Waals surface area contributed by atoms with Crippen molar-refractivity contribution in [1.82, 2.24) is 9.38 Å². The van der Waals surface area contributed by atoms with Crippen LogP contribution in [-0.2, 0) is 10.5 Å². The van der Waals surface area contributed by atoms with E-state index in [1.54, 1.807) is 0 Å². The van der Waals surface area contributed by atoms with E-state index in [-0.39, 0.29) is 0 Å². The van der Waals surface area contributed by atoms with Gasteiger partial charge in [0.25, 0.3) is 0 Å². The number of aromatic hydroxyl groups is 1. The maximum absolute atomic E-state index is 12.7. The Kier molecular flexibility index (Phi) is 2.81. The minimum absolute atomic E-state index is 0.402. The number of alkyl halides is 3. The number of aromatic nitrogens is 2. The zero-order valence-corrected chi connectivity index (χ0v) is 9.16. The van der Waals surface area contributed by atoms with Crippen molar-refractivity contribution in [2.24, 2.45) is 0 Å². The molecule has 0 aliphatic heterocycles. The van der Waals surface area contributed by atoms with Crippen LogP contribution in [0.25, 0.3) is 5.65 Å². The fourth-order valence-electron chi connectivity index (χ4n) is 1.43. The predicted molar refractivity (Wildman–Crippen MR) is 53.1 cm³/mol. The SMILES string of the molecule is O=C(OCl)c1cn2cc(O)cc(C(F)(F)F)c2n1. The van der Waals surface area contributed by atoms with E-state index in [1.165, 1.54) is 0 Å². The van der Waals surface area contributed by atoms with Gasteiger partial charge in [0, 0.05) is 6.20 Å². The summed E-state index contributed by atoms with van der Waals surface area (Å²) in [7, 11) is 0. The molecule has 2 aromatic heterocycles. The lowest BCUT2D eigenvalue weighted by Crippen LogP contribution is -2.07. The van der Waals surface area contributed by atoms with Crippen molar-refractivity contribution in [2.75, 3.05) is 0 Å². The van der Waals surface area contributed by atoms with E-state index in [1.807, 2.05) is 0 Å². The van der Waals surface area contributed by atoms with Crippen molar-refractivity contribution in [3.8, 4) is 5.75 Å². The topological polar surface area (TPSA) is 63.8 Å². The number of carbonyl (C=O) groups excluding carboxylic acids is 1. The number of pyridine rings is 1. The summed E-state index contributed by atoms with van der Waals surface area (Å²) in [5.41, 5.74) is -2.10. The normalized spacial score (nSPS) is 11.8. The van der Waals surface area contributed by atoms with Gasteiger partial charge in [0.1, 0.15) is 28.8 Å². The van der Waals surface area contributed by atoms with Crippen LogP contribution in [0.15, 0.2) is 18.5 Å². The molecule has 2 rings (SSSR count). The first-order valence-corrected chi connectivity index (χ1v) is 4.75. The summed E-state index contributed by atoms with van der Waals surface area (Å²) in [5.74, 6) is -1.70. The zero-order chi connectivity index (χ0) is 13.5. The molecule has 0 amide bonds. The highest BCUT2D eigenvalue weighted by Crippen LogP contribution is 2.34. The van der Waals surface area contributed by atoms with Crippen LogP contribution in [0.4, 0.5) is 13.2 Å². The van der Waals surface area contributed by atoms with Gasteiger partial charge in [-0.25, -0.2) is 9.78 Å². The number of nitrogens with zero attached hydrogens (tertiary/aromatic N) is 2. The van der Waals surface area contributed by atoms with Gasteiger partial charge in [-0.3, -0.25) is 0 Å². The van der Waals surface area contributed by atoms with Gasteiger partial charge in [-0.1, -0.05) is 0 Å². The maximum Gasteiger partial charge on any atom is 0.420 e. The van der Waals surface area contributed by atoms with Crippen molar-refractivity contribution < 1.29 is 27.4 Å². The molecule has 1 N–H and O–H groups in total. The number of imidazole rings is 1. The Morgan fingerprint density at radius 1 is 1.44 bits per heavy atom. The summed E-state index contributed by atoms with van der Waals surface area (Å²) in [4.78, 5) is 14.5. The Bertz CT molecular complexity index is 623. The smallest absolute Gasteiger partial charge is 0.420 e. The predicted octanol–water partition coefficient (Wildman–Crippen LogP) is 2.37. The van der Waals surface area contributed by atoms with Crippen LogP contribution in [0.5, 0.6) is 5.75 Å². The Hall–Kier alpha value is -1.96. The van der Waals surface area contributed by atoms with Crippen LogP contribution >= 0.6 is 11.9 Å². The molecule has 0 aromatic carbocycles. The summed E-state index contributed by atoms with van der Waals surface area (Å²) < 4.78 is 42.7. The maximum atomic E-state index is 12.7. The summed E-state index contributed by atoms with van der Waals surface area (Å²) in [5, 5.41) is 9.19. The molecule has 5 nitrogen and oxygen atoms in total. The van der Waals surface area contributed by atoms with Crippen LogP contribution in [-0.4, -0.2) is 20.5 Å². The van der Waals surface area contributed by atoms with Gasteiger partial charge < -0.3 is 13.8 Å². The van der Waals surface area contributed by atoms with E-state index in [4.69, 9.17) is 11.9 Å². The van der Waals surface area contributed by atoms with Crippen molar-refractivity contribution in [2.45, 2.75) is 6.18 Å². The summed E-state index contributed by atoms with van der Waals surface area (Å²) in [6.45, 7) is 0. The standard InChI is InChI=1S/C9H4ClF3N2O3/c10-18-8(17)6-3-15-2-4(16)1-5(7(15)14-6)9(11,12)13/h1-3,16H. The molecule has 0 radical (unpaired) electrons. The highest BCUT2D eigenvalue weighted by Gasteiger charge is 2.35. The molecule has 0 spiro atoms. The van der Waals surface area contributed by atoms with Crippen LogP contribution in [0.3, 0.4) is 0 Å². The number of fused-ring (bicyclic) bond motifs is 1. The summed E-state index contributed by atoms with van der Waals surface area (Å²) >= 11 is 4.80. The number of halogens is 4. The van der Waals surface area contributed by atoms with Gasteiger partial charge in [0.2, 0.25) is 0 Å². The second-order valence-corrected chi connectivity index (χ2v) is 3.49. The average Bonchev–Trinajstić information content (AvgIpc) is 2.68. The van der Waals surface area contributed by atoms with Gasteiger partial charge >= 0.3 is 12.1 Å². The lowest BCUT2D eigenvalue weighted by Gasteiger charge is -2.08. The summed E-state index contributed by atoms with van der Waals surface area (Å²) in [6, 6.07) is 0.512. The Labute approximate surface area is 103 Å². The first-order chi connectivity index (χ1) is 8.32. The van der Waals surface area contributed by atoms with E-state index in [9.17, 15) is 23.1 Å².